The lowest BCUT2D eigenvalue weighted by Crippen LogP contribution is -2.35. The number of nitriles is 1. The largest absolute Gasteiger partial charge is 0.416 e. The van der Waals surface area contributed by atoms with Crippen LogP contribution in [0, 0.1) is 11.3 Å². The first-order valence-corrected chi connectivity index (χ1v) is 8.13. The molecule has 0 radical (unpaired) electrons. The van der Waals surface area contributed by atoms with Crippen molar-refractivity contribution in [1.29, 1.82) is 5.26 Å². The van der Waals surface area contributed by atoms with Gasteiger partial charge in [-0.2, -0.15) is 18.4 Å². The fourth-order valence-electron chi connectivity index (χ4n) is 2.47. The topological polar surface area (TPSA) is 81.9 Å². The van der Waals surface area contributed by atoms with Gasteiger partial charge in [-0.05, 0) is 31.0 Å². The summed E-state index contributed by atoms with van der Waals surface area (Å²) < 4.78 is 38.8. The maximum Gasteiger partial charge on any atom is 0.416 e. The van der Waals surface area contributed by atoms with Gasteiger partial charge < -0.3 is 10.2 Å². The van der Waals surface area contributed by atoms with Crippen LogP contribution in [0.1, 0.15) is 23.5 Å². The summed E-state index contributed by atoms with van der Waals surface area (Å²) in [6, 6.07) is 7.94. The van der Waals surface area contributed by atoms with Gasteiger partial charge in [0.25, 0.3) is 0 Å². The van der Waals surface area contributed by atoms with Gasteiger partial charge in [0.2, 0.25) is 5.82 Å². The molecule has 6 nitrogen and oxygen atoms in total. The predicted octanol–water partition coefficient (Wildman–Crippen LogP) is 3.24. The van der Waals surface area contributed by atoms with E-state index in [4.69, 9.17) is 5.26 Å². The Balaban J connectivity index is 2.23. The Morgan fingerprint density at radius 2 is 2.04 bits per heavy atom. The van der Waals surface area contributed by atoms with Crippen LogP contribution < -0.4 is 5.32 Å². The molecule has 1 heterocycles. The molecule has 0 unspecified atom stereocenters. The summed E-state index contributed by atoms with van der Waals surface area (Å²) in [5, 5.41) is 11.6. The molecule has 27 heavy (non-hydrogen) atoms. The molecule has 2 rings (SSSR count). The van der Waals surface area contributed by atoms with E-state index < -0.39 is 11.7 Å². The average Bonchev–Trinajstić information content (AvgIpc) is 2.66. The van der Waals surface area contributed by atoms with Crippen LogP contribution in [0.25, 0.3) is 11.3 Å². The van der Waals surface area contributed by atoms with E-state index in [0.29, 0.717) is 25.1 Å². The number of amides is 2. The lowest BCUT2D eigenvalue weighted by molar-refractivity contribution is -0.137. The highest BCUT2D eigenvalue weighted by Crippen LogP contribution is 2.31. The summed E-state index contributed by atoms with van der Waals surface area (Å²) in [5.41, 5.74) is 0.250. The second kappa shape index (κ2) is 8.49. The number of aromatic nitrogens is 2. The smallest absolute Gasteiger partial charge is 0.341 e. The molecule has 0 spiro atoms. The molecule has 1 aromatic heterocycles. The van der Waals surface area contributed by atoms with E-state index in [1.165, 1.54) is 24.1 Å². The lowest BCUT2D eigenvalue weighted by atomic mass is 10.1. The van der Waals surface area contributed by atoms with Gasteiger partial charge >= 0.3 is 12.2 Å². The van der Waals surface area contributed by atoms with Crippen LogP contribution in [-0.2, 0) is 12.6 Å². The van der Waals surface area contributed by atoms with Gasteiger partial charge in [-0.25, -0.2) is 14.8 Å². The number of nitrogens with one attached hydrogen (secondary N) is 1. The van der Waals surface area contributed by atoms with E-state index in [0.717, 1.165) is 12.1 Å². The molecule has 0 aliphatic carbocycles. The molecule has 0 bridgehead atoms. The van der Waals surface area contributed by atoms with Crippen molar-refractivity contribution in [2.45, 2.75) is 19.0 Å². The third-order valence-electron chi connectivity index (χ3n) is 3.85. The van der Waals surface area contributed by atoms with Crippen molar-refractivity contribution in [3.8, 4) is 17.3 Å². The number of hydrogen-bond donors (Lipinski definition) is 1. The standard InChI is InChI=1S/C18H18F3N5O/c1-23-17(27)26(2)8-4-7-14-10-15(25-16(11-22)24-14)12-5-3-6-13(9-12)18(19,20)21/h3,5-6,9-10H,4,7-8H2,1-2H3,(H,23,27). The van der Waals surface area contributed by atoms with Crippen LogP contribution in [0.4, 0.5) is 18.0 Å². The first-order valence-electron chi connectivity index (χ1n) is 8.13. The second-order valence-corrected chi connectivity index (χ2v) is 5.84. The highest BCUT2D eigenvalue weighted by molar-refractivity contribution is 5.73. The number of urea groups is 1. The minimum Gasteiger partial charge on any atom is -0.341 e. The van der Waals surface area contributed by atoms with Crippen molar-refractivity contribution in [2.75, 3.05) is 20.6 Å². The number of halogens is 3. The zero-order valence-electron chi connectivity index (χ0n) is 14.8. The number of hydrogen-bond acceptors (Lipinski definition) is 4. The molecule has 2 amide bonds. The maximum atomic E-state index is 12.9. The molecule has 142 valence electrons. The molecular formula is C18H18F3N5O. The van der Waals surface area contributed by atoms with Gasteiger partial charge in [0, 0.05) is 31.9 Å². The van der Waals surface area contributed by atoms with E-state index in [1.807, 2.05) is 6.07 Å². The van der Waals surface area contributed by atoms with Crippen molar-refractivity contribution in [3.63, 3.8) is 0 Å². The summed E-state index contributed by atoms with van der Waals surface area (Å²) >= 11 is 0. The fraction of sp³-hybridized carbons (Fsp3) is 0.333. The van der Waals surface area contributed by atoms with Crippen LogP contribution in [0.2, 0.25) is 0 Å². The molecule has 0 fully saturated rings. The van der Waals surface area contributed by atoms with Crippen LogP contribution in [0.5, 0.6) is 0 Å². The molecule has 0 saturated carbocycles. The van der Waals surface area contributed by atoms with Gasteiger partial charge in [0.1, 0.15) is 6.07 Å². The van der Waals surface area contributed by atoms with E-state index in [9.17, 15) is 18.0 Å². The van der Waals surface area contributed by atoms with Gasteiger partial charge in [0.05, 0.1) is 11.3 Å². The van der Waals surface area contributed by atoms with Crippen LogP contribution in [0.3, 0.4) is 0 Å². The van der Waals surface area contributed by atoms with Gasteiger partial charge in [0.15, 0.2) is 0 Å². The minimum atomic E-state index is -4.46. The summed E-state index contributed by atoms with van der Waals surface area (Å²) in [7, 11) is 3.18. The van der Waals surface area contributed by atoms with Gasteiger partial charge in [-0.3, -0.25) is 0 Å². The first-order chi connectivity index (χ1) is 12.7. The lowest BCUT2D eigenvalue weighted by Gasteiger charge is -2.16. The zero-order chi connectivity index (χ0) is 20.0. The van der Waals surface area contributed by atoms with Crippen molar-refractivity contribution in [3.05, 3.63) is 47.4 Å². The molecular weight excluding hydrogens is 359 g/mol. The molecule has 1 N–H and O–H groups in total. The number of carbonyl (C=O) groups is 1. The Kier molecular flexibility index (Phi) is 6.34. The Morgan fingerprint density at radius 3 is 2.67 bits per heavy atom. The fourth-order valence-corrected chi connectivity index (χ4v) is 2.47. The third-order valence-corrected chi connectivity index (χ3v) is 3.85. The normalized spacial score (nSPS) is 11.0. The number of alkyl halides is 3. The maximum absolute atomic E-state index is 12.9. The van der Waals surface area contributed by atoms with Crippen LogP contribution in [-0.4, -0.2) is 41.5 Å². The highest BCUT2D eigenvalue weighted by atomic mass is 19.4. The third kappa shape index (κ3) is 5.41. The molecule has 0 aliphatic heterocycles. The van der Waals surface area contributed by atoms with Crippen LogP contribution in [0.15, 0.2) is 30.3 Å². The highest BCUT2D eigenvalue weighted by Gasteiger charge is 2.30. The molecule has 0 saturated heterocycles. The Hall–Kier alpha value is -3.15. The van der Waals surface area contributed by atoms with Crippen molar-refractivity contribution in [1.82, 2.24) is 20.2 Å². The van der Waals surface area contributed by atoms with Crippen molar-refractivity contribution in [2.24, 2.45) is 0 Å². The predicted molar refractivity (Wildman–Crippen MR) is 92.6 cm³/mol. The summed E-state index contributed by atoms with van der Waals surface area (Å²) in [6.07, 6.45) is -3.44. The second-order valence-electron chi connectivity index (χ2n) is 5.84. The van der Waals surface area contributed by atoms with E-state index in [-0.39, 0.29) is 23.1 Å². The Bertz CT molecular complexity index is 861. The Morgan fingerprint density at radius 1 is 1.30 bits per heavy atom. The molecule has 0 aliphatic rings. The zero-order valence-corrected chi connectivity index (χ0v) is 14.8. The monoisotopic (exact) mass is 377 g/mol. The van der Waals surface area contributed by atoms with Gasteiger partial charge in [-0.15, -0.1) is 0 Å². The number of carbonyl (C=O) groups excluding carboxylic acids is 1. The van der Waals surface area contributed by atoms with E-state index in [2.05, 4.69) is 15.3 Å². The van der Waals surface area contributed by atoms with E-state index in [1.54, 1.807) is 13.1 Å². The summed E-state index contributed by atoms with van der Waals surface area (Å²) in [4.78, 5) is 21.1. The van der Waals surface area contributed by atoms with Gasteiger partial charge in [-0.1, -0.05) is 12.1 Å². The van der Waals surface area contributed by atoms with Crippen molar-refractivity contribution >= 4 is 6.03 Å². The SMILES string of the molecule is CNC(=O)N(C)CCCc1cc(-c2cccc(C(F)(F)F)c2)nc(C#N)n1. The van der Waals surface area contributed by atoms with E-state index >= 15 is 0 Å². The summed E-state index contributed by atoms with van der Waals surface area (Å²) in [6.45, 7) is 0.463. The number of benzene rings is 1. The minimum absolute atomic E-state index is 0.112. The Labute approximate surface area is 154 Å². The number of rotatable bonds is 5. The number of nitrogens with zero attached hydrogens (tertiary/aromatic N) is 4. The van der Waals surface area contributed by atoms with Crippen molar-refractivity contribution < 1.29 is 18.0 Å². The first kappa shape index (κ1) is 20.2. The average molecular weight is 377 g/mol. The molecule has 9 heteroatoms. The van der Waals surface area contributed by atoms with Crippen LogP contribution >= 0.6 is 0 Å². The molecule has 1 aromatic carbocycles. The molecule has 2 aromatic rings. The quantitative estimate of drug-likeness (QED) is 0.867. The molecule has 0 atom stereocenters. The number of aryl methyl sites for hydroxylation is 1. The summed E-state index contributed by atoms with van der Waals surface area (Å²) in [5.74, 6) is -0.112.